The molecule has 0 heterocycles. The third-order valence-electron chi connectivity index (χ3n) is 2.43. The average molecular weight is 251 g/mol. The molecule has 0 aliphatic carbocycles. The topological polar surface area (TPSA) is 52.9 Å². The Morgan fingerprint density at radius 3 is 2.71 bits per heavy atom. The van der Waals surface area contributed by atoms with Crippen LogP contribution in [-0.2, 0) is 0 Å². The smallest absolute Gasteiger partial charge is 0.251 e. The summed E-state index contributed by atoms with van der Waals surface area (Å²) in [6.45, 7) is 5.71. The number of carbonyl (C=O) groups is 1. The van der Waals surface area contributed by atoms with Crippen LogP contribution in [0.1, 0.15) is 29.8 Å². The van der Waals surface area contributed by atoms with Crippen molar-refractivity contribution in [3.63, 3.8) is 0 Å². The van der Waals surface area contributed by atoms with Crippen molar-refractivity contribution in [3.05, 3.63) is 34.3 Å². The molecule has 1 amide bonds. The van der Waals surface area contributed by atoms with E-state index in [1.54, 1.807) is 32.0 Å². The highest BCUT2D eigenvalue weighted by atomic mass is 35.5. The van der Waals surface area contributed by atoms with Gasteiger partial charge in [0.1, 0.15) is 0 Å². The molecule has 0 radical (unpaired) electrons. The quantitative estimate of drug-likeness (QED) is 0.897. The number of nitriles is 1. The molecule has 0 saturated heterocycles. The predicted molar refractivity (Wildman–Crippen MR) is 67.9 cm³/mol. The molecule has 90 valence electrons. The van der Waals surface area contributed by atoms with Crippen LogP contribution in [0.5, 0.6) is 0 Å². The van der Waals surface area contributed by atoms with Gasteiger partial charge in [-0.05, 0) is 44.5 Å². The molecule has 0 atom stereocenters. The molecule has 0 fully saturated rings. The minimum absolute atomic E-state index is 0.178. The lowest BCUT2D eigenvalue weighted by Crippen LogP contribution is -2.33. The van der Waals surface area contributed by atoms with Crippen LogP contribution in [0.2, 0.25) is 5.02 Å². The number of nitrogens with one attached hydrogen (secondary N) is 1. The normalized spacial score (nSPS) is 10.8. The summed E-state index contributed by atoms with van der Waals surface area (Å²) in [4.78, 5) is 11.9. The van der Waals surface area contributed by atoms with Crippen LogP contribution in [0.15, 0.2) is 18.2 Å². The lowest BCUT2D eigenvalue weighted by Gasteiger charge is -2.16. The monoisotopic (exact) mass is 250 g/mol. The van der Waals surface area contributed by atoms with E-state index in [1.807, 2.05) is 6.92 Å². The average Bonchev–Trinajstić information content (AvgIpc) is 2.26. The Balaban J connectivity index is 2.75. The number of hydrogen-bond acceptors (Lipinski definition) is 2. The van der Waals surface area contributed by atoms with E-state index in [2.05, 4.69) is 11.4 Å². The molecular weight excluding hydrogens is 236 g/mol. The number of rotatable bonds is 3. The summed E-state index contributed by atoms with van der Waals surface area (Å²) in [6, 6.07) is 7.24. The van der Waals surface area contributed by atoms with Gasteiger partial charge in [-0.1, -0.05) is 11.6 Å². The zero-order valence-electron chi connectivity index (χ0n) is 10.2. The second-order valence-corrected chi connectivity index (χ2v) is 5.07. The van der Waals surface area contributed by atoms with Crippen molar-refractivity contribution in [1.29, 1.82) is 5.26 Å². The molecule has 0 aliphatic heterocycles. The highest BCUT2D eigenvalue weighted by Gasteiger charge is 2.18. The van der Waals surface area contributed by atoms with Crippen LogP contribution >= 0.6 is 11.6 Å². The number of amides is 1. The summed E-state index contributed by atoms with van der Waals surface area (Å²) in [5.74, 6) is -0.178. The highest BCUT2D eigenvalue weighted by Crippen LogP contribution is 2.16. The fourth-order valence-electron chi connectivity index (χ4n) is 1.32. The van der Waals surface area contributed by atoms with Gasteiger partial charge >= 0.3 is 0 Å². The molecule has 0 saturated carbocycles. The van der Waals surface area contributed by atoms with Gasteiger partial charge in [0.15, 0.2) is 0 Å². The van der Waals surface area contributed by atoms with Gasteiger partial charge in [-0.15, -0.1) is 0 Å². The Labute approximate surface area is 106 Å². The molecule has 1 aromatic rings. The summed E-state index contributed by atoms with van der Waals surface area (Å²) in [7, 11) is 0. The number of hydrogen-bond donors (Lipinski definition) is 1. The maximum atomic E-state index is 11.9. The van der Waals surface area contributed by atoms with E-state index in [0.29, 0.717) is 17.1 Å². The number of nitrogens with zero attached hydrogens (tertiary/aromatic N) is 1. The SMILES string of the molecule is Cc1cc(Cl)ccc1C(=O)NCC(C)(C)C#N. The molecule has 0 unspecified atom stereocenters. The first-order valence-corrected chi connectivity index (χ1v) is 5.69. The second-order valence-electron chi connectivity index (χ2n) is 4.64. The van der Waals surface area contributed by atoms with Crippen molar-refractivity contribution < 1.29 is 4.79 Å². The molecule has 1 aromatic carbocycles. The van der Waals surface area contributed by atoms with Crippen LogP contribution < -0.4 is 5.32 Å². The Morgan fingerprint density at radius 1 is 1.53 bits per heavy atom. The molecule has 0 spiro atoms. The zero-order chi connectivity index (χ0) is 13.1. The van der Waals surface area contributed by atoms with Crippen LogP contribution in [-0.4, -0.2) is 12.5 Å². The van der Waals surface area contributed by atoms with E-state index >= 15 is 0 Å². The molecule has 1 rings (SSSR count). The van der Waals surface area contributed by atoms with E-state index in [0.717, 1.165) is 5.56 Å². The lowest BCUT2D eigenvalue weighted by atomic mass is 9.96. The van der Waals surface area contributed by atoms with Crippen molar-refractivity contribution in [2.45, 2.75) is 20.8 Å². The van der Waals surface area contributed by atoms with Gasteiger partial charge in [-0.3, -0.25) is 4.79 Å². The van der Waals surface area contributed by atoms with Gasteiger partial charge in [-0.2, -0.15) is 5.26 Å². The summed E-state index contributed by atoms with van der Waals surface area (Å²) < 4.78 is 0. The Bertz CT molecular complexity index is 475. The molecule has 0 bridgehead atoms. The van der Waals surface area contributed by atoms with E-state index in [-0.39, 0.29) is 5.91 Å². The molecule has 17 heavy (non-hydrogen) atoms. The minimum atomic E-state index is -0.560. The first-order chi connectivity index (χ1) is 7.85. The summed E-state index contributed by atoms with van der Waals surface area (Å²) in [5.41, 5.74) is 0.851. The van der Waals surface area contributed by atoms with Gasteiger partial charge in [0.25, 0.3) is 5.91 Å². The molecule has 0 aliphatic rings. The third-order valence-corrected chi connectivity index (χ3v) is 2.66. The number of aryl methyl sites for hydroxylation is 1. The Kier molecular flexibility index (Phi) is 4.14. The Morgan fingerprint density at radius 2 is 2.18 bits per heavy atom. The van der Waals surface area contributed by atoms with Gasteiger partial charge in [0.05, 0.1) is 11.5 Å². The molecule has 1 N–H and O–H groups in total. The van der Waals surface area contributed by atoms with Crippen molar-refractivity contribution in [1.82, 2.24) is 5.32 Å². The molecule has 3 nitrogen and oxygen atoms in total. The second kappa shape index (κ2) is 5.20. The van der Waals surface area contributed by atoms with Crippen molar-refractivity contribution in [2.75, 3.05) is 6.54 Å². The standard InChI is InChI=1S/C13H15ClN2O/c1-9-6-10(14)4-5-11(9)12(17)16-8-13(2,3)7-15/h4-6H,8H2,1-3H3,(H,16,17). The maximum Gasteiger partial charge on any atom is 0.251 e. The highest BCUT2D eigenvalue weighted by molar-refractivity contribution is 6.30. The van der Waals surface area contributed by atoms with E-state index in [9.17, 15) is 4.79 Å². The van der Waals surface area contributed by atoms with E-state index < -0.39 is 5.41 Å². The van der Waals surface area contributed by atoms with Gasteiger partial charge < -0.3 is 5.32 Å². The number of carbonyl (C=O) groups excluding carboxylic acids is 1. The summed E-state index contributed by atoms with van der Waals surface area (Å²) >= 11 is 5.82. The molecular formula is C13H15ClN2O. The fraction of sp³-hybridized carbons (Fsp3) is 0.385. The largest absolute Gasteiger partial charge is 0.350 e. The van der Waals surface area contributed by atoms with E-state index in [4.69, 9.17) is 16.9 Å². The number of halogens is 1. The zero-order valence-corrected chi connectivity index (χ0v) is 10.9. The predicted octanol–water partition coefficient (Wildman–Crippen LogP) is 2.93. The van der Waals surface area contributed by atoms with Crippen molar-refractivity contribution in [3.8, 4) is 6.07 Å². The van der Waals surface area contributed by atoms with Crippen molar-refractivity contribution >= 4 is 17.5 Å². The molecule has 0 aromatic heterocycles. The van der Waals surface area contributed by atoms with Crippen LogP contribution in [0, 0.1) is 23.7 Å². The van der Waals surface area contributed by atoms with Gasteiger partial charge in [0, 0.05) is 17.1 Å². The molecule has 4 heteroatoms. The van der Waals surface area contributed by atoms with Crippen LogP contribution in [0.25, 0.3) is 0 Å². The van der Waals surface area contributed by atoms with Crippen molar-refractivity contribution in [2.24, 2.45) is 5.41 Å². The van der Waals surface area contributed by atoms with Gasteiger partial charge in [0.2, 0.25) is 0 Å². The maximum absolute atomic E-state index is 11.9. The minimum Gasteiger partial charge on any atom is -0.350 e. The van der Waals surface area contributed by atoms with E-state index in [1.165, 1.54) is 0 Å². The summed E-state index contributed by atoms with van der Waals surface area (Å²) in [6.07, 6.45) is 0. The van der Waals surface area contributed by atoms with Crippen LogP contribution in [0.4, 0.5) is 0 Å². The summed E-state index contributed by atoms with van der Waals surface area (Å²) in [5, 5.41) is 12.2. The van der Waals surface area contributed by atoms with Gasteiger partial charge in [-0.25, -0.2) is 0 Å². The lowest BCUT2D eigenvalue weighted by molar-refractivity contribution is 0.0943. The van der Waals surface area contributed by atoms with Crippen LogP contribution in [0.3, 0.4) is 0 Å². The fourth-order valence-corrected chi connectivity index (χ4v) is 1.54. The first kappa shape index (κ1) is 13.5. The first-order valence-electron chi connectivity index (χ1n) is 5.31. The Hall–Kier alpha value is -1.53. The number of benzene rings is 1. The third kappa shape index (κ3) is 3.76.